The van der Waals surface area contributed by atoms with Gasteiger partial charge in [-0.2, -0.15) is 4.98 Å². The number of hydrogen-bond acceptors (Lipinski definition) is 6. The second-order valence-electron chi connectivity index (χ2n) is 5.94. The summed E-state index contributed by atoms with van der Waals surface area (Å²) in [6.45, 7) is 1.52. The highest BCUT2D eigenvalue weighted by Crippen LogP contribution is 2.25. The fourth-order valence-electron chi connectivity index (χ4n) is 2.67. The van der Waals surface area contributed by atoms with E-state index in [1.807, 2.05) is 0 Å². The molecule has 0 unspecified atom stereocenters. The molecule has 2 heterocycles. The van der Waals surface area contributed by atoms with Crippen LogP contribution in [0.4, 0.5) is 10.1 Å². The van der Waals surface area contributed by atoms with E-state index in [2.05, 4.69) is 10.3 Å². The highest BCUT2D eigenvalue weighted by molar-refractivity contribution is 5.85. The number of halogens is 2. The van der Waals surface area contributed by atoms with E-state index in [1.165, 1.54) is 35.0 Å². The van der Waals surface area contributed by atoms with E-state index in [9.17, 15) is 14.3 Å². The first kappa shape index (κ1) is 19.2. The smallest absolute Gasteiger partial charge is 0.351 e. The Kier molecular flexibility index (Phi) is 5.99. The van der Waals surface area contributed by atoms with Crippen LogP contribution in [0, 0.1) is 5.82 Å². The highest BCUT2D eigenvalue weighted by Gasteiger charge is 2.30. The lowest BCUT2D eigenvalue weighted by Gasteiger charge is -2.32. The summed E-state index contributed by atoms with van der Waals surface area (Å²) in [4.78, 5) is 16.0. The third-order valence-corrected chi connectivity index (χ3v) is 4.01. The average Bonchev–Trinajstić information content (AvgIpc) is 2.55. The van der Waals surface area contributed by atoms with Crippen LogP contribution in [0.1, 0.15) is 12.8 Å². The van der Waals surface area contributed by atoms with Crippen LogP contribution in [-0.4, -0.2) is 33.3 Å². The molecule has 1 aromatic heterocycles. The Balaban J connectivity index is 0.00000225. The number of nitrogen functional groups attached to an aromatic ring is 1. The molecule has 0 aliphatic carbocycles. The van der Waals surface area contributed by atoms with Crippen LogP contribution in [0.25, 0.3) is 0 Å². The molecule has 0 atom stereocenters. The maximum atomic E-state index is 12.9. The number of aliphatic hydroxyl groups is 1. The molecule has 0 spiro atoms. The fraction of sp³-hybridized carbons (Fsp3) is 0.375. The van der Waals surface area contributed by atoms with Gasteiger partial charge in [-0.3, -0.25) is 4.57 Å². The van der Waals surface area contributed by atoms with Crippen molar-refractivity contribution in [2.75, 3.05) is 18.8 Å². The van der Waals surface area contributed by atoms with Crippen molar-refractivity contribution in [3.63, 3.8) is 0 Å². The van der Waals surface area contributed by atoms with E-state index in [1.54, 1.807) is 0 Å². The zero-order chi connectivity index (χ0) is 17.2. The Hall–Kier alpha value is -2.16. The summed E-state index contributed by atoms with van der Waals surface area (Å²) in [5, 5.41) is 13.7. The largest absolute Gasteiger partial charge is 0.437 e. The van der Waals surface area contributed by atoms with E-state index in [-0.39, 0.29) is 30.5 Å². The van der Waals surface area contributed by atoms with Gasteiger partial charge in [0.05, 0.1) is 12.1 Å². The highest BCUT2D eigenvalue weighted by atomic mass is 35.5. The molecule has 0 amide bonds. The van der Waals surface area contributed by atoms with E-state index in [4.69, 9.17) is 10.5 Å². The Morgan fingerprint density at radius 1 is 1.32 bits per heavy atom. The third-order valence-electron chi connectivity index (χ3n) is 4.01. The summed E-state index contributed by atoms with van der Waals surface area (Å²) in [5.74, 6) is -0.112. The SMILES string of the molecule is Cl.Nc1cn(CC2(O)CCNCC2)c(=O)nc1Oc1ccc(F)cc1. The topological polar surface area (TPSA) is 102 Å². The first-order valence-electron chi connectivity index (χ1n) is 7.69. The van der Waals surface area contributed by atoms with Gasteiger partial charge in [-0.25, -0.2) is 9.18 Å². The number of rotatable bonds is 4. The van der Waals surface area contributed by atoms with Gasteiger partial charge in [-0.15, -0.1) is 12.4 Å². The lowest BCUT2D eigenvalue weighted by Crippen LogP contribution is -2.46. The second-order valence-corrected chi connectivity index (χ2v) is 5.94. The number of benzene rings is 1. The molecule has 0 radical (unpaired) electrons. The second kappa shape index (κ2) is 7.81. The fourth-order valence-corrected chi connectivity index (χ4v) is 2.67. The molecule has 136 valence electrons. The Labute approximate surface area is 150 Å². The molecule has 7 nitrogen and oxygen atoms in total. The molecule has 1 aliphatic rings. The molecular weight excluding hydrogens is 351 g/mol. The van der Waals surface area contributed by atoms with Gasteiger partial charge in [0, 0.05) is 6.20 Å². The van der Waals surface area contributed by atoms with Crippen molar-refractivity contribution in [2.24, 2.45) is 0 Å². The minimum atomic E-state index is -0.956. The van der Waals surface area contributed by atoms with E-state index in [0.29, 0.717) is 31.7 Å². The van der Waals surface area contributed by atoms with Crippen molar-refractivity contribution < 1.29 is 14.2 Å². The van der Waals surface area contributed by atoms with E-state index >= 15 is 0 Å². The van der Waals surface area contributed by atoms with Crippen LogP contribution in [-0.2, 0) is 6.54 Å². The number of anilines is 1. The zero-order valence-corrected chi connectivity index (χ0v) is 14.3. The van der Waals surface area contributed by atoms with Crippen molar-refractivity contribution in [1.29, 1.82) is 0 Å². The summed E-state index contributed by atoms with van der Waals surface area (Å²) in [5.41, 5.74) is 4.55. The van der Waals surface area contributed by atoms with Crippen molar-refractivity contribution >= 4 is 18.1 Å². The third kappa shape index (κ3) is 4.68. The van der Waals surface area contributed by atoms with Crippen molar-refractivity contribution in [2.45, 2.75) is 25.0 Å². The molecule has 0 saturated carbocycles. The monoisotopic (exact) mass is 370 g/mol. The quantitative estimate of drug-likeness (QED) is 0.749. The predicted molar refractivity (Wildman–Crippen MR) is 93.7 cm³/mol. The molecule has 1 aliphatic heterocycles. The molecule has 0 bridgehead atoms. The van der Waals surface area contributed by atoms with E-state index in [0.717, 1.165) is 0 Å². The van der Waals surface area contributed by atoms with Crippen molar-refractivity contribution in [3.8, 4) is 11.6 Å². The maximum absolute atomic E-state index is 12.9. The van der Waals surface area contributed by atoms with Gasteiger partial charge in [0.15, 0.2) is 0 Å². The summed E-state index contributed by atoms with van der Waals surface area (Å²) >= 11 is 0. The van der Waals surface area contributed by atoms with Gasteiger partial charge in [-0.1, -0.05) is 0 Å². The first-order valence-corrected chi connectivity index (χ1v) is 7.69. The Morgan fingerprint density at radius 2 is 1.96 bits per heavy atom. The Bertz CT molecular complexity index is 776. The molecule has 1 fully saturated rings. The van der Waals surface area contributed by atoms with E-state index < -0.39 is 17.1 Å². The van der Waals surface area contributed by atoms with Crippen LogP contribution in [0.5, 0.6) is 11.6 Å². The van der Waals surface area contributed by atoms with Crippen LogP contribution < -0.4 is 21.5 Å². The number of ether oxygens (including phenoxy) is 1. The van der Waals surface area contributed by atoms with Crippen molar-refractivity contribution in [3.05, 3.63) is 46.8 Å². The van der Waals surface area contributed by atoms with Crippen molar-refractivity contribution in [1.82, 2.24) is 14.9 Å². The molecular formula is C16H20ClFN4O3. The Morgan fingerprint density at radius 3 is 2.60 bits per heavy atom. The number of aromatic nitrogens is 2. The van der Waals surface area contributed by atoms with Gasteiger partial charge in [-0.05, 0) is 50.2 Å². The van der Waals surface area contributed by atoms with Gasteiger partial charge < -0.3 is 20.9 Å². The normalized spacial score (nSPS) is 16.1. The maximum Gasteiger partial charge on any atom is 0.351 e. The summed E-state index contributed by atoms with van der Waals surface area (Å²) < 4.78 is 19.6. The minimum Gasteiger partial charge on any atom is -0.437 e. The van der Waals surface area contributed by atoms with Gasteiger partial charge in [0.25, 0.3) is 0 Å². The van der Waals surface area contributed by atoms with Gasteiger partial charge in [0.1, 0.15) is 17.3 Å². The van der Waals surface area contributed by atoms with Gasteiger partial charge in [0.2, 0.25) is 5.88 Å². The lowest BCUT2D eigenvalue weighted by atomic mass is 9.92. The predicted octanol–water partition coefficient (Wildman–Crippen LogP) is 1.29. The summed E-state index contributed by atoms with van der Waals surface area (Å²) in [7, 11) is 0. The number of nitrogens with zero attached hydrogens (tertiary/aromatic N) is 2. The van der Waals surface area contributed by atoms with Crippen LogP contribution in [0.3, 0.4) is 0 Å². The van der Waals surface area contributed by atoms with Gasteiger partial charge >= 0.3 is 5.69 Å². The molecule has 3 rings (SSSR count). The first-order chi connectivity index (χ1) is 11.5. The van der Waals surface area contributed by atoms with Crippen LogP contribution in [0.2, 0.25) is 0 Å². The summed E-state index contributed by atoms with van der Waals surface area (Å²) in [6.07, 6.45) is 2.51. The van der Waals surface area contributed by atoms with Crippen LogP contribution >= 0.6 is 12.4 Å². The lowest BCUT2D eigenvalue weighted by molar-refractivity contribution is -0.00648. The van der Waals surface area contributed by atoms with Crippen LogP contribution in [0.15, 0.2) is 35.3 Å². The molecule has 1 aromatic carbocycles. The number of piperidine rings is 1. The minimum absolute atomic E-state index is 0. The molecule has 2 aromatic rings. The number of nitrogens with one attached hydrogen (secondary N) is 1. The number of hydrogen-bond donors (Lipinski definition) is 3. The average molecular weight is 371 g/mol. The zero-order valence-electron chi connectivity index (χ0n) is 13.4. The standard InChI is InChI=1S/C16H19FN4O3.ClH/c17-11-1-3-12(4-2-11)24-14-13(18)9-21(15(22)20-14)10-16(23)5-7-19-8-6-16;/h1-4,9,19,23H,5-8,10,18H2;1H. The number of nitrogens with two attached hydrogens (primary N) is 1. The molecule has 9 heteroatoms. The molecule has 1 saturated heterocycles. The molecule has 25 heavy (non-hydrogen) atoms. The molecule has 4 N–H and O–H groups in total. The summed E-state index contributed by atoms with van der Waals surface area (Å²) in [6, 6.07) is 5.30.